The van der Waals surface area contributed by atoms with Crippen LogP contribution in [0.2, 0.25) is 0 Å². The summed E-state index contributed by atoms with van der Waals surface area (Å²) in [6, 6.07) is 3.29. The fourth-order valence-corrected chi connectivity index (χ4v) is 1.99. The average molecular weight is 321 g/mol. The number of carboxylic acid groups (broad SMARTS) is 1. The van der Waals surface area contributed by atoms with Crippen LogP contribution in [0, 0.1) is 0 Å². The minimum absolute atomic E-state index is 0.231. The number of halogens is 3. The molecule has 0 saturated heterocycles. The predicted octanol–water partition coefficient (Wildman–Crippen LogP) is 2.16. The number of hydrogen-bond acceptors (Lipinski definition) is 5. The van der Waals surface area contributed by atoms with Gasteiger partial charge in [-0.25, -0.2) is 4.79 Å². The van der Waals surface area contributed by atoms with Crippen LogP contribution in [0.1, 0.15) is 10.4 Å². The fourth-order valence-electron chi connectivity index (χ4n) is 1.52. The Kier molecular flexibility index (Phi) is 3.49. The van der Waals surface area contributed by atoms with E-state index in [9.17, 15) is 26.4 Å². The first-order chi connectivity index (χ1) is 9.62. The first-order valence-corrected chi connectivity index (χ1v) is 6.64. The Labute approximate surface area is 115 Å². The van der Waals surface area contributed by atoms with Gasteiger partial charge in [-0.15, -0.1) is 0 Å². The van der Waals surface area contributed by atoms with Crippen molar-refractivity contribution in [1.82, 2.24) is 4.98 Å². The lowest BCUT2D eigenvalue weighted by atomic mass is 10.1. The fraction of sp³-hybridized carbons (Fsp3) is 0.0909. The Balaban J connectivity index is 2.62. The summed E-state index contributed by atoms with van der Waals surface area (Å²) in [7, 11) is -5.96. The highest BCUT2D eigenvalue weighted by Crippen LogP contribution is 2.31. The summed E-state index contributed by atoms with van der Waals surface area (Å²) in [4.78, 5) is 14.7. The summed E-state index contributed by atoms with van der Waals surface area (Å²) < 4.78 is 62.7. The van der Waals surface area contributed by atoms with Crippen molar-refractivity contribution in [2.75, 3.05) is 0 Å². The molecule has 0 bridgehead atoms. The maximum Gasteiger partial charge on any atom is 0.534 e. The molecular formula is C11H6F3NO5S. The van der Waals surface area contributed by atoms with E-state index < -0.39 is 32.9 Å². The van der Waals surface area contributed by atoms with E-state index in [1.807, 2.05) is 0 Å². The quantitative estimate of drug-likeness (QED) is 0.688. The molecule has 112 valence electrons. The number of rotatable bonds is 3. The third kappa shape index (κ3) is 2.89. The molecule has 21 heavy (non-hydrogen) atoms. The van der Waals surface area contributed by atoms with Crippen molar-refractivity contribution in [1.29, 1.82) is 0 Å². The zero-order valence-electron chi connectivity index (χ0n) is 9.96. The molecule has 0 fully saturated rings. The first kappa shape index (κ1) is 15.0. The first-order valence-electron chi connectivity index (χ1n) is 5.23. The van der Waals surface area contributed by atoms with Crippen molar-refractivity contribution in [3.63, 3.8) is 0 Å². The van der Waals surface area contributed by atoms with Crippen LogP contribution in [0.4, 0.5) is 13.2 Å². The molecule has 0 amide bonds. The minimum Gasteiger partial charge on any atom is -0.478 e. The smallest absolute Gasteiger partial charge is 0.478 e. The van der Waals surface area contributed by atoms with Gasteiger partial charge in [0, 0.05) is 17.8 Å². The second-order valence-corrected chi connectivity index (χ2v) is 5.40. The van der Waals surface area contributed by atoms with Crippen LogP contribution in [0.25, 0.3) is 10.8 Å². The van der Waals surface area contributed by atoms with Gasteiger partial charge in [0.15, 0.2) is 5.75 Å². The molecular weight excluding hydrogens is 315 g/mol. The van der Waals surface area contributed by atoms with Crippen LogP contribution in [0.15, 0.2) is 30.6 Å². The lowest BCUT2D eigenvalue weighted by Crippen LogP contribution is -2.28. The van der Waals surface area contributed by atoms with Gasteiger partial charge in [-0.3, -0.25) is 4.98 Å². The summed E-state index contributed by atoms with van der Waals surface area (Å²) in [6.07, 6.45) is 2.58. The molecule has 2 rings (SSSR count). The Morgan fingerprint density at radius 3 is 2.48 bits per heavy atom. The third-order valence-corrected chi connectivity index (χ3v) is 3.42. The molecule has 0 atom stereocenters. The molecule has 0 aliphatic heterocycles. The van der Waals surface area contributed by atoms with E-state index in [0.717, 1.165) is 12.1 Å². The number of carbonyl (C=O) groups is 1. The molecule has 1 heterocycles. The second-order valence-electron chi connectivity index (χ2n) is 3.86. The molecule has 0 spiro atoms. The Morgan fingerprint density at radius 2 is 1.90 bits per heavy atom. The van der Waals surface area contributed by atoms with Gasteiger partial charge in [0.1, 0.15) is 5.56 Å². The van der Waals surface area contributed by atoms with Crippen molar-refractivity contribution in [2.24, 2.45) is 0 Å². The second kappa shape index (κ2) is 4.88. The maximum atomic E-state index is 12.3. The minimum atomic E-state index is -5.96. The van der Waals surface area contributed by atoms with E-state index >= 15 is 0 Å². The molecule has 0 radical (unpaired) electrons. The Bertz CT molecular complexity index is 816. The highest BCUT2D eigenvalue weighted by atomic mass is 32.2. The number of nitrogens with zero attached hydrogens (tertiary/aromatic N) is 1. The van der Waals surface area contributed by atoms with Crippen LogP contribution in [-0.4, -0.2) is 30.0 Å². The van der Waals surface area contributed by atoms with Crippen LogP contribution in [0.5, 0.6) is 5.75 Å². The third-order valence-electron chi connectivity index (χ3n) is 2.45. The van der Waals surface area contributed by atoms with Gasteiger partial charge in [-0.05, 0) is 23.6 Å². The van der Waals surface area contributed by atoms with Crippen LogP contribution in [0.3, 0.4) is 0 Å². The number of fused-ring (bicyclic) bond motifs is 1. The summed E-state index contributed by atoms with van der Waals surface area (Å²) in [5, 5.41) is 9.54. The molecule has 0 aliphatic carbocycles. The molecule has 0 saturated carbocycles. The summed E-state index contributed by atoms with van der Waals surface area (Å²) in [5.74, 6) is -2.55. The summed E-state index contributed by atoms with van der Waals surface area (Å²) in [6.45, 7) is 0. The number of hydrogen-bond donors (Lipinski definition) is 1. The van der Waals surface area contributed by atoms with Crippen molar-refractivity contribution < 1.29 is 35.7 Å². The lowest BCUT2D eigenvalue weighted by molar-refractivity contribution is -0.0500. The Morgan fingerprint density at radius 1 is 1.24 bits per heavy atom. The maximum absolute atomic E-state index is 12.3. The summed E-state index contributed by atoms with van der Waals surface area (Å²) >= 11 is 0. The van der Waals surface area contributed by atoms with Crippen LogP contribution >= 0.6 is 0 Å². The van der Waals surface area contributed by atoms with E-state index in [4.69, 9.17) is 5.11 Å². The Hall–Kier alpha value is -2.36. The van der Waals surface area contributed by atoms with Crippen molar-refractivity contribution in [2.45, 2.75) is 5.51 Å². The molecule has 0 unspecified atom stereocenters. The number of alkyl halides is 3. The molecule has 6 nitrogen and oxygen atoms in total. The van der Waals surface area contributed by atoms with Gasteiger partial charge in [0.05, 0.1) is 0 Å². The van der Waals surface area contributed by atoms with Gasteiger partial charge in [0.25, 0.3) is 0 Å². The molecule has 10 heteroatoms. The number of aromatic carboxylic acids is 1. The zero-order chi connectivity index (χ0) is 15.8. The standard InChI is InChI=1S/C11H6F3NO5S/c12-11(13,14)21(18,19)20-9-4-7-5-15-2-1-6(7)3-8(9)10(16)17/h1-5H,(H,16,17). The monoisotopic (exact) mass is 321 g/mol. The van der Waals surface area contributed by atoms with Crippen LogP contribution in [-0.2, 0) is 10.1 Å². The van der Waals surface area contributed by atoms with E-state index in [-0.39, 0.29) is 5.39 Å². The van der Waals surface area contributed by atoms with Crippen molar-refractivity contribution in [3.05, 3.63) is 36.2 Å². The molecule has 0 aliphatic rings. The summed E-state index contributed by atoms with van der Waals surface area (Å²) in [5.41, 5.74) is -6.37. The number of pyridine rings is 1. The lowest BCUT2D eigenvalue weighted by Gasteiger charge is -2.12. The molecule has 2 aromatic rings. The van der Waals surface area contributed by atoms with Crippen molar-refractivity contribution >= 4 is 26.9 Å². The highest BCUT2D eigenvalue weighted by Gasteiger charge is 2.49. The highest BCUT2D eigenvalue weighted by molar-refractivity contribution is 7.88. The number of benzene rings is 1. The van der Waals surface area contributed by atoms with Crippen LogP contribution < -0.4 is 4.18 Å². The van der Waals surface area contributed by atoms with E-state index in [1.165, 1.54) is 18.5 Å². The van der Waals surface area contributed by atoms with E-state index in [1.54, 1.807) is 0 Å². The normalized spacial score (nSPS) is 12.3. The van der Waals surface area contributed by atoms with Gasteiger partial charge in [-0.2, -0.15) is 21.6 Å². The SMILES string of the molecule is O=C(O)c1cc2ccncc2cc1OS(=O)(=O)C(F)(F)F. The van der Waals surface area contributed by atoms with E-state index in [2.05, 4.69) is 9.17 Å². The number of aromatic nitrogens is 1. The topological polar surface area (TPSA) is 93.6 Å². The van der Waals surface area contributed by atoms with Gasteiger partial charge < -0.3 is 9.29 Å². The average Bonchev–Trinajstić information content (AvgIpc) is 2.35. The zero-order valence-corrected chi connectivity index (χ0v) is 10.8. The predicted molar refractivity (Wildman–Crippen MR) is 64.3 cm³/mol. The van der Waals surface area contributed by atoms with Crippen molar-refractivity contribution in [3.8, 4) is 5.75 Å². The van der Waals surface area contributed by atoms with Gasteiger partial charge >= 0.3 is 21.6 Å². The number of carboxylic acids is 1. The van der Waals surface area contributed by atoms with E-state index in [0.29, 0.717) is 5.39 Å². The molecule has 1 aromatic carbocycles. The van der Waals surface area contributed by atoms with Gasteiger partial charge in [-0.1, -0.05) is 0 Å². The largest absolute Gasteiger partial charge is 0.534 e. The molecule has 1 N–H and O–H groups in total. The van der Waals surface area contributed by atoms with Gasteiger partial charge in [0.2, 0.25) is 0 Å². The molecule has 1 aromatic heterocycles.